The molecule has 0 amide bonds. The SMILES string of the molecule is COc1cc2c(cc1OC)C(O)(c1ccccc1OC)OCC2. The minimum absolute atomic E-state index is 0.400. The Kier molecular flexibility index (Phi) is 4.15. The first-order chi connectivity index (χ1) is 11.1. The van der Waals surface area contributed by atoms with Crippen molar-refractivity contribution in [2.75, 3.05) is 27.9 Å². The van der Waals surface area contributed by atoms with E-state index in [0.29, 0.717) is 41.4 Å². The quantitative estimate of drug-likeness (QED) is 0.939. The molecule has 1 unspecified atom stereocenters. The summed E-state index contributed by atoms with van der Waals surface area (Å²) in [5.41, 5.74) is 2.17. The first kappa shape index (κ1) is 15.6. The second-order valence-electron chi connectivity index (χ2n) is 5.31. The maximum atomic E-state index is 11.3. The summed E-state index contributed by atoms with van der Waals surface area (Å²) in [5.74, 6) is 0.165. The van der Waals surface area contributed by atoms with Crippen LogP contribution in [-0.4, -0.2) is 33.0 Å². The zero-order chi connectivity index (χ0) is 16.4. The van der Waals surface area contributed by atoms with Crippen molar-refractivity contribution in [3.05, 3.63) is 53.1 Å². The first-order valence-corrected chi connectivity index (χ1v) is 7.39. The Hall–Kier alpha value is -2.24. The van der Waals surface area contributed by atoms with Crippen molar-refractivity contribution in [2.24, 2.45) is 0 Å². The van der Waals surface area contributed by atoms with Gasteiger partial charge in [-0.1, -0.05) is 12.1 Å². The molecule has 5 nitrogen and oxygen atoms in total. The lowest BCUT2D eigenvalue weighted by atomic mass is 9.89. The molecule has 0 saturated heterocycles. The Morgan fingerprint density at radius 3 is 2.26 bits per heavy atom. The predicted octanol–water partition coefficient (Wildman–Crippen LogP) is 2.48. The van der Waals surface area contributed by atoms with Crippen LogP contribution in [0.5, 0.6) is 17.2 Å². The van der Waals surface area contributed by atoms with Crippen molar-refractivity contribution in [3.8, 4) is 17.2 Å². The van der Waals surface area contributed by atoms with Crippen LogP contribution in [0.4, 0.5) is 0 Å². The molecule has 1 N–H and O–H groups in total. The largest absolute Gasteiger partial charge is 0.496 e. The summed E-state index contributed by atoms with van der Waals surface area (Å²) in [6.07, 6.45) is 0.688. The molecule has 23 heavy (non-hydrogen) atoms. The molecule has 0 saturated carbocycles. The molecule has 0 radical (unpaired) electrons. The number of hydrogen-bond donors (Lipinski definition) is 1. The number of fused-ring (bicyclic) bond motifs is 1. The normalized spacial score (nSPS) is 19.8. The van der Waals surface area contributed by atoms with Crippen LogP contribution in [0.2, 0.25) is 0 Å². The summed E-state index contributed by atoms with van der Waals surface area (Å²) < 4.78 is 21.9. The van der Waals surface area contributed by atoms with Crippen LogP contribution in [0.3, 0.4) is 0 Å². The van der Waals surface area contributed by atoms with Gasteiger partial charge >= 0.3 is 0 Å². The van der Waals surface area contributed by atoms with Crippen LogP contribution in [0.25, 0.3) is 0 Å². The van der Waals surface area contributed by atoms with Gasteiger partial charge < -0.3 is 24.1 Å². The Morgan fingerprint density at radius 2 is 1.57 bits per heavy atom. The van der Waals surface area contributed by atoms with E-state index in [1.165, 1.54) is 0 Å². The molecular formula is C18H20O5. The fourth-order valence-electron chi connectivity index (χ4n) is 2.98. The summed E-state index contributed by atoms with van der Waals surface area (Å²) in [6.45, 7) is 0.400. The minimum atomic E-state index is -1.58. The van der Waals surface area contributed by atoms with Crippen molar-refractivity contribution >= 4 is 0 Å². The molecular weight excluding hydrogens is 296 g/mol. The number of rotatable bonds is 4. The molecule has 0 aromatic heterocycles. The van der Waals surface area contributed by atoms with Crippen LogP contribution in [0, 0.1) is 0 Å². The number of methoxy groups -OCH3 is 3. The van der Waals surface area contributed by atoms with E-state index < -0.39 is 5.79 Å². The van der Waals surface area contributed by atoms with E-state index in [4.69, 9.17) is 18.9 Å². The number of benzene rings is 2. The zero-order valence-corrected chi connectivity index (χ0v) is 13.5. The Morgan fingerprint density at radius 1 is 0.913 bits per heavy atom. The molecule has 1 aliphatic rings. The van der Waals surface area contributed by atoms with Gasteiger partial charge in [-0.3, -0.25) is 0 Å². The second-order valence-corrected chi connectivity index (χ2v) is 5.31. The van der Waals surface area contributed by atoms with Gasteiger partial charge in [0, 0.05) is 5.56 Å². The molecule has 1 aliphatic heterocycles. The van der Waals surface area contributed by atoms with E-state index >= 15 is 0 Å². The van der Waals surface area contributed by atoms with Gasteiger partial charge in [-0.05, 0) is 36.2 Å². The average molecular weight is 316 g/mol. The summed E-state index contributed by atoms with van der Waals surface area (Å²) in [6, 6.07) is 10.9. The maximum Gasteiger partial charge on any atom is 0.223 e. The number of hydrogen-bond acceptors (Lipinski definition) is 5. The van der Waals surface area contributed by atoms with Gasteiger partial charge in [-0.15, -0.1) is 0 Å². The number of para-hydroxylation sites is 1. The summed E-state index contributed by atoms with van der Waals surface area (Å²) in [7, 11) is 4.73. The molecule has 0 aliphatic carbocycles. The second kappa shape index (κ2) is 6.10. The van der Waals surface area contributed by atoms with Gasteiger partial charge in [0.1, 0.15) is 5.75 Å². The third-order valence-electron chi connectivity index (χ3n) is 4.13. The highest BCUT2D eigenvalue weighted by Gasteiger charge is 2.40. The van der Waals surface area contributed by atoms with Crippen LogP contribution >= 0.6 is 0 Å². The van der Waals surface area contributed by atoms with Crippen LogP contribution in [0.1, 0.15) is 16.7 Å². The fraction of sp³-hybridized carbons (Fsp3) is 0.333. The van der Waals surface area contributed by atoms with Crippen LogP contribution in [-0.2, 0) is 16.9 Å². The van der Waals surface area contributed by atoms with E-state index in [9.17, 15) is 5.11 Å². The molecule has 122 valence electrons. The van der Waals surface area contributed by atoms with E-state index in [1.54, 1.807) is 39.5 Å². The average Bonchev–Trinajstić information content (AvgIpc) is 2.60. The Balaban J connectivity index is 2.21. The molecule has 0 bridgehead atoms. The van der Waals surface area contributed by atoms with Crippen molar-refractivity contribution in [2.45, 2.75) is 12.2 Å². The third kappa shape index (κ3) is 2.52. The van der Waals surface area contributed by atoms with Gasteiger partial charge in [0.2, 0.25) is 5.79 Å². The fourth-order valence-corrected chi connectivity index (χ4v) is 2.98. The molecule has 5 heteroatoms. The lowest BCUT2D eigenvalue weighted by molar-refractivity contribution is -0.188. The van der Waals surface area contributed by atoms with Crippen molar-refractivity contribution in [3.63, 3.8) is 0 Å². The lowest BCUT2D eigenvalue weighted by Crippen LogP contribution is -2.37. The van der Waals surface area contributed by atoms with E-state index in [0.717, 1.165) is 5.56 Å². The Labute approximate surface area is 135 Å². The molecule has 1 atom stereocenters. The van der Waals surface area contributed by atoms with Gasteiger partial charge in [0.05, 0.1) is 33.5 Å². The van der Waals surface area contributed by atoms with E-state index in [2.05, 4.69) is 0 Å². The molecule has 2 aromatic carbocycles. The molecule has 0 fully saturated rings. The summed E-state index contributed by atoms with van der Waals surface area (Å²) in [5, 5.41) is 11.3. The monoisotopic (exact) mass is 316 g/mol. The minimum Gasteiger partial charge on any atom is -0.496 e. The highest BCUT2D eigenvalue weighted by atomic mass is 16.6. The van der Waals surface area contributed by atoms with Gasteiger partial charge in [-0.2, -0.15) is 0 Å². The summed E-state index contributed by atoms with van der Waals surface area (Å²) >= 11 is 0. The Bertz CT molecular complexity index is 713. The zero-order valence-electron chi connectivity index (χ0n) is 13.5. The predicted molar refractivity (Wildman–Crippen MR) is 85.2 cm³/mol. The van der Waals surface area contributed by atoms with E-state index in [-0.39, 0.29) is 0 Å². The van der Waals surface area contributed by atoms with Crippen molar-refractivity contribution < 1.29 is 24.1 Å². The standard InChI is InChI=1S/C18H20O5/c1-20-15-7-5-4-6-13(15)18(19)14-11-17(22-3)16(21-2)10-12(14)8-9-23-18/h4-7,10-11,19H,8-9H2,1-3H3. The number of ether oxygens (including phenoxy) is 4. The highest BCUT2D eigenvalue weighted by molar-refractivity contribution is 5.53. The van der Waals surface area contributed by atoms with Gasteiger partial charge in [0.15, 0.2) is 11.5 Å². The number of aliphatic hydroxyl groups is 1. The van der Waals surface area contributed by atoms with Gasteiger partial charge in [0.25, 0.3) is 0 Å². The molecule has 2 aromatic rings. The van der Waals surface area contributed by atoms with E-state index in [1.807, 2.05) is 18.2 Å². The molecule has 3 rings (SSSR count). The topological polar surface area (TPSA) is 57.2 Å². The third-order valence-corrected chi connectivity index (χ3v) is 4.13. The molecule has 1 heterocycles. The van der Waals surface area contributed by atoms with Gasteiger partial charge in [-0.25, -0.2) is 0 Å². The first-order valence-electron chi connectivity index (χ1n) is 7.39. The molecule has 0 spiro atoms. The highest BCUT2D eigenvalue weighted by Crippen LogP contribution is 2.44. The smallest absolute Gasteiger partial charge is 0.223 e. The van der Waals surface area contributed by atoms with Crippen LogP contribution < -0.4 is 14.2 Å². The van der Waals surface area contributed by atoms with Crippen molar-refractivity contribution in [1.82, 2.24) is 0 Å². The van der Waals surface area contributed by atoms with Crippen LogP contribution in [0.15, 0.2) is 36.4 Å². The summed E-state index contributed by atoms with van der Waals surface area (Å²) in [4.78, 5) is 0. The van der Waals surface area contributed by atoms with Crippen molar-refractivity contribution in [1.29, 1.82) is 0 Å². The maximum absolute atomic E-state index is 11.3. The lowest BCUT2D eigenvalue weighted by Gasteiger charge is -2.36.